The number of carbonyl (C=O) groups is 1. The summed E-state index contributed by atoms with van der Waals surface area (Å²) in [4.78, 5) is 13.1. The smallest absolute Gasteiger partial charge is 0.406 e. The van der Waals surface area contributed by atoms with Gasteiger partial charge in [-0.25, -0.2) is 9.79 Å². The fourth-order valence-electron chi connectivity index (χ4n) is 0.198. The van der Waals surface area contributed by atoms with Crippen molar-refractivity contribution >= 4 is 12.1 Å². The van der Waals surface area contributed by atoms with Crippen molar-refractivity contribution in [2.24, 2.45) is 16.5 Å². The Kier molecular flexibility index (Phi) is 2.96. The molecule has 0 rings (SSSR count). The Morgan fingerprint density at radius 1 is 1.67 bits per heavy atom. The molecule has 0 aliphatic carbocycles. The van der Waals surface area contributed by atoms with Crippen LogP contribution in [-0.4, -0.2) is 23.8 Å². The third-order valence-corrected chi connectivity index (χ3v) is 0.492. The topological polar surface area (TPSA) is 114 Å². The number of hydrogen-bond acceptors (Lipinski definition) is 2. The average Bonchev–Trinajstić information content (AvgIpc) is 1.63. The maximum Gasteiger partial charge on any atom is 0.406 e. The molecule has 52 valence electrons. The summed E-state index contributed by atoms with van der Waals surface area (Å²) >= 11 is 0. The lowest BCUT2D eigenvalue weighted by Gasteiger charge is -1.93. The lowest BCUT2D eigenvalue weighted by Crippen LogP contribution is -2.27. The SMILES string of the molecule is NC(N)=NCNC(=O)O. The lowest BCUT2D eigenvalue weighted by atomic mass is 10.9. The number of nitrogens with zero attached hydrogens (tertiary/aromatic N) is 1. The summed E-state index contributed by atoms with van der Waals surface area (Å²) in [5, 5.41) is 9.91. The zero-order valence-corrected chi connectivity index (χ0v) is 4.66. The van der Waals surface area contributed by atoms with Crippen molar-refractivity contribution in [3.05, 3.63) is 0 Å². The minimum absolute atomic E-state index is 0.0995. The molecule has 0 bridgehead atoms. The van der Waals surface area contributed by atoms with E-state index in [9.17, 15) is 4.79 Å². The van der Waals surface area contributed by atoms with Gasteiger partial charge in [-0.1, -0.05) is 0 Å². The molecule has 0 saturated carbocycles. The number of carboxylic acid groups (broad SMARTS) is 1. The molecule has 0 unspecified atom stereocenters. The molecular formula is C3H8N4O2. The Hall–Kier alpha value is -1.46. The summed E-state index contributed by atoms with van der Waals surface area (Å²) in [7, 11) is 0. The van der Waals surface area contributed by atoms with Gasteiger partial charge in [-0.2, -0.15) is 0 Å². The van der Waals surface area contributed by atoms with Gasteiger partial charge in [-0.3, -0.25) is 0 Å². The molecule has 9 heavy (non-hydrogen) atoms. The van der Waals surface area contributed by atoms with Crippen LogP contribution in [0.25, 0.3) is 0 Å². The predicted molar refractivity (Wildman–Crippen MR) is 31.8 cm³/mol. The number of aliphatic imine (C=N–C) groups is 1. The zero-order valence-electron chi connectivity index (χ0n) is 4.66. The molecule has 0 aromatic carbocycles. The van der Waals surface area contributed by atoms with Gasteiger partial charge in [0, 0.05) is 0 Å². The highest BCUT2D eigenvalue weighted by Crippen LogP contribution is 1.62. The van der Waals surface area contributed by atoms with Gasteiger partial charge < -0.3 is 21.9 Å². The minimum Gasteiger partial charge on any atom is -0.465 e. The normalized spacial score (nSPS) is 8.00. The first-order valence-corrected chi connectivity index (χ1v) is 2.15. The van der Waals surface area contributed by atoms with E-state index in [1.54, 1.807) is 0 Å². The van der Waals surface area contributed by atoms with Crippen molar-refractivity contribution in [2.45, 2.75) is 0 Å². The standard InChI is InChI=1S/C3H8N4O2/c4-2(5)6-1-7-3(8)9/h7H,1H2,(H,8,9)(H4,4,5,6). The summed E-state index contributed by atoms with van der Waals surface area (Å²) < 4.78 is 0. The molecule has 1 amide bonds. The van der Waals surface area contributed by atoms with Gasteiger partial charge in [0.15, 0.2) is 5.96 Å². The number of amides is 1. The molecule has 6 heteroatoms. The molecular weight excluding hydrogens is 124 g/mol. The van der Waals surface area contributed by atoms with E-state index in [1.807, 2.05) is 5.32 Å². The second-order valence-electron chi connectivity index (χ2n) is 1.22. The highest BCUT2D eigenvalue weighted by Gasteiger charge is 1.88. The molecule has 6 nitrogen and oxygen atoms in total. The van der Waals surface area contributed by atoms with Crippen LogP contribution < -0.4 is 16.8 Å². The highest BCUT2D eigenvalue weighted by molar-refractivity contribution is 5.75. The van der Waals surface area contributed by atoms with E-state index in [1.165, 1.54) is 0 Å². The van der Waals surface area contributed by atoms with E-state index in [-0.39, 0.29) is 12.6 Å². The van der Waals surface area contributed by atoms with Crippen LogP contribution in [0, 0.1) is 0 Å². The number of rotatable bonds is 2. The van der Waals surface area contributed by atoms with Gasteiger partial charge >= 0.3 is 6.09 Å². The van der Waals surface area contributed by atoms with Crippen molar-refractivity contribution < 1.29 is 9.90 Å². The molecule has 0 saturated heterocycles. The van der Waals surface area contributed by atoms with Crippen molar-refractivity contribution in [3.63, 3.8) is 0 Å². The Balaban J connectivity index is 3.31. The van der Waals surface area contributed by atoms with Crippen LogP contribution in [0.1, 0.15) is 0 Å². The number of nitrogens with two attached hydrogens (primary N) is 2. The number of hydrogen-bond donors (Lipinski definition) is 4. The molecule has 0 aliphatic heterocycles. The van der Waals surface area contributed by atoms with Crippen LogP contribution in [0.4, 0.5) is 4.79 Å². The van der Waals surface area contributed by atoms with Crippen molar-refractivity contribution in [3.8, 4) is 0 Å². The van der Waals surface area contributed by atoms with E-state index >= 15 is 0 Å². The van der Waals surface area contributed by atoms with Crippen LogP contribution in [0.2, 0.25) is 0 Å². The summed E-state index contributed by atoms with van der Waals surface area (Å²) in [5.41, 5.74) is 9.75. The molecule has 0 spiro atoms. The first-order chi connectivity index (χ1) is 4.13. The Bertz CT molecular complexity index is 128. The van der Waals surface area contributed by atoms with E-state index in [4.69, 9.17) is 16.6 Å². The van der Waals surface area contributed by atoms with Crippen LogP contribution in [-0.2, 0) is 0 Å². The van der Waals surface area contributed by atoms with E-state index in [0.717, 1.165) is 0 Å². The molecule has 0 radical (unpaired) electrons. The average molecular weight is 132 g/mol. The number of guanidine groups is 1. The molecule has 0 aromatic heterocycles. The maximum absolute atomic E-state index is 9.72. The largest absolute Gasteiger partial charge is 0.465 e. The van der Waals surface area contributed by atoms with Gasteiger partial charge in [0.1, 0.15) is 6.67 Å². The maximum atomic E-state index is 9.72. The molecule has 0 heterocycles. The van der Waals surface area contributed by atoms with Crippen LogP contribution in [0.5, 0.6) is 0 Å². The van der Waals surface area contributed by atoms with Crippen molar-refractivity contribution in [1.82, 2.24) is 5.32 Å². The second-order valence-corrected chi connectivity index (χ2v) is 1.22. The van der Waals surface area contributed by atoms with Crippen molar-refractivity contribution in [1.29, 1.82) is 0 Å². The van der Waals surface area contributed by atoms with E-state index < -0.39 is 6.09 Å². The van der Waals surface area contributed by atoms with Crippen LogP contribution >= 0.6 is 0 Å². The first-order valence-electron chi connectivity index (χ1n) is 2.15. The third kappa shape index (κ3) is 6.54. The Labute approximate surface area is 51.5 Å². The Morgan fingerprint density at radius 2 is 2.22 bits per heavy atom. The van der Waals surface area contributed by atoms with Gasteiger partial charge in [-0.15, -0.1) is 0 Å². The number of nitrogens with one attached hydrogen (secondary N) is 1. The van der Waals surface area contributed by atoms with Crippen molar-refractivity contribution in [2.75, 3.05) is 6.67 Å². The van der Waals surface area contributed by atoms with E-state index in [2.05, 4.69) is 4.99 Å². The lowest BCUT2D eigenvalue weighted by molar-refractivity contribution is 0.195. The fraction of sp³-hybridized carbons (Fsp3) is 0.333. The van der Waals surface area contributed by atoms with Crippen LogP contribution in [0.3, 0.4) is 0 Å². The second kappa shape index (κ2) is 3.53. The van der Waals surface area contributed by atoms with Crippen LogP contribution in [0.15, 0.2) is 4.99 Å². The summed E-state index contributed by atoms with van der Waals surface area (Å²) in [6, 6.07) is 0. The minimum atomic E-state index is -1.15. The summed E-state index contributed by atoms with van der Waals surface area (Å²) in [5.74, 6) is -0.135. The molecule has 6 N–H and O–H groups in total. The Morgan fingerprint density at radius 3 is 2.56 bits per heavy atom. The fourth-order valence-corrected chi connectivity index (χ4v) is 0.198. The highest BCUT2D eigenvalue weighted by atomic mass is 16.4. The van der Waals surface area contributed by atoms with Gasteiger partial charge in [0.25, 0.3) is 0 Å². The van der Waals surface area contributed by atoms with Gasteiger partial charge in [0.2, 0.25) is 0 Å². The molecule has 0 aliphatic rings. The molecule has 0 fully saturated rings. The molecule has 0 aromatic rings. The first kappa shape index (κ1) is 7.54. The van der Waals surface area contributed by atoms with Gasteiger partial charge in [0.05, 0.1) is 0 Å². The summed E-state index contributed by atoms with van der Waals surface area (Å²) in [6.45, 7) is -0.0995. The van der Waals surface area contributed by atoms with E-state index in [0.29, 0.717) is 0 Å². The molecule has 0 atom stereocenters. The predicted octanol–water partition coefficient (Wildman–Crippen LogP) is -1.52. The zero-order chi connectivity index (χ0) is 7.28. The monoisotopic (exact) mass is 132 g/mol. The third-order valence-electron chi connectivity index (χ3n) is 0.492. The quantitative estimate of drug-likeness (QED) is 0.270. The van der Waals surface area contributed by atoms with Gasteiger partial charge in [-0.05, 0) is 0 Å². The summed E-state index contributed by atoms with van der Waals surface area (Å²) in [6.07, 6.45) is -1.15.